The molecular formula is C25H34ClN3O6. The summed E-state index contributed by atoms with van der Waals surface area (Å²) in [5.74, 6) is 2.54. The third kappa shape index (κ3) is 6.87. The van der Waals surface area contributed by atoms with Crippen LogP contribution < -0.4 is 15.5 Å². The highest BCUT2D eigenvalue weighted by atomic mass is 35.5. The number of hydrogen-bond donors (Lipinski definition) is 2. The van der Waals surface area contributed by atoms with Crippen LogP contribution in [0.5, 0.6) is 11.5 Å². The Hall–Kier alpha value is -2.81. The first-order valence-corrected chi connectivity index (χ1v) is 12.7. The maximum absolute atomic E-state index is 12.0. The number of aryl methyl sites for hydroxylation is 1. The van der Waals surface area contributed by atoms with Crippen LogP contribution in [0.25, 0.3) is 11.0 Å². The van der Waals surface area contributed by atoms with Gasteiger partial charge in [0.2, 0.25) is 0 Å². The Balaban J connectivity index is 0.000000199. The number of fused-ring (bicyclic) bond motifs is 2. The van der Waals surface area contributed by atoms with Crippen molar-refractivity contribution in [3.8, 4) is 11.5 Å². The average Bonchev–Trinajstić information content (AvgIpc) is 3.00. The monoisotopic (exact) mass is 507 g/mol. The number of nitrogens with zero attached hydrogens (tertiary/aromatic N) is 2. The predicted molar refractivity (Wildman–Crippen MR) is 135 cm³/mol. The van der Waals surface area contributed by atoms with Gasteiger partial charge in [-0.05, 0) is 57.3 Å². The summed E-state index contributed by atoms with van der Waals surface area (Å²) in [6.07, 6.45) is 5.83. The number of nitrogens with one attached hydrogen (secondary N) is 1. The first kappa shape index (κ1) is 26.8. The number of phenols is 1. The molecule has 1 aliphatic heterocycles. The molecule has 2 amide bonds. The molecule has 0 radical (unpaired) electrons. The van der Waals surface area contributed by atoms with Gasteiger partial charge < -0.3 is 19.6 Å². The third-order valence-electron chi connectivity index (χ3n) is 6.56. The third-order valence-corrected chi connectivity index (χ3v) is 6.73. The highest BCUT2D eigenvalue weighted by molar-refractivity contribution is 6.18. The molecule has 192 valence electrons. The van der Waals surface area contributed by atoms with E-state index in [1.165, 1.54) is 6.07 Å². The second-order valence-electron chi connectivity index (χ2n) is 9.55. The summed E-state index contributed by atoms with van der Waals surface area (Å²) in [5, 5.41) is 16.9. The molecule has 1 unspecified atom stereocenters. The van der Waals surface area contributed by atoms with E-state index in [0.717, 1.165) is 43.0 Å². The van der Waals surface area contributed by atoms with Crippen molar-refractivity contribution in [2.24, 2.45) is 17.1 Å². The second-order valence-corrected chi connectivity index (χ2v) is 9.93. The zero-order valence-electron chi connectivity index (χ0n) is 20.5. The molecule has 1 fully saturated rings. The molecule has 1 atom stereocenters. The molecule has 0 bridgehead atoms. The molecule has 4 rings (SSSR count). The fourth-order valence-corrected chi connectivity index (χ4v) is 4.59. The van der Waals surface area contributed by atoms with E-state index in [1.54, 1.807) is 13.0 Å². The molecule has 2 N–H and O–H groups in total. The average molecular weight is 508 g/mol. The van der Waals surface area contributed by atoms with Crippen molar-refractivity contribution >= 4 is 28.6 Å². The van der Waals surface area contributed by atoms with Gasteiger partial charge in [0.05, 0.1) is 18.4 Å². The molecule has 10 heteroatoms. The Kier molecular flexibility index (Phi) is 9.37. The number of phenolic OH excluding ortho intramolecular Hbond substituents is 1. The first-order valence-electron chi connectivity index (χ1n) is 12.1. The van der Waals surface area contributed by atoms with Crippen LogP contribution in [-0.4, -0.2) is 41.2 Å². The number of rotatable bonds is 4. The van der Waals surface area contributed by atoms with E-state index in [2.05, 4.69) is 24.5 Å². The van der Waals surface area contributed by atoms with Crippen molar-refractivity contribution in [1.29, 1.82) is 0 Å². The highest BCUT2D eigenvalue weighted by Gasteiger charge is 2.23. The summed E-state index contributed by atoms with van der Waals surface area (Å²) >= 11 is 5.46. The van der Waals surface area contributed by atoms with Crippen LogP contribution in [0, 0.1) is 23.7 Å². The van der Waals surface area contributed by atoms with Crippen LogP contribution in [0.2, 0.25) is 0 Å². The van der Waals surface area contributed by atoms with Gasteiger partial charge in [-0.15, -0.1) is 16.5 Å². The molecule has 2 aliphatic rings. The summed E-state index contributed by atoms with van der Waals surface area (Å²) < 4.78 is 11.2. The number of nitroso groups, excluding NO2 is 1. The molecule has 9 nitrogen and oxygen atoms in total. The maximum Gasteiger partial charge on any atom is 0.340 e. The summed E-state index contributed by atoms with van der Waals surface area (Å²) in [7, 11) is 0. The van der Waals surface area contributed by atoms with Gasteiger partial charge in [0.15, 0.2) is 5.43 Å². The van der Waals surface area contributed by atoms with Crippen LogP contribution in [0.1, 0.15) is 57.3 Å². The Morgan fingerprint density at radius 3 is 2.57 bits per heavy atom. The van der Waals surface area contributed by atoms with Crippen molar-refractivity contribution in [3.05, 3.63) is 38.6 Å². The van der Waals surface area contributed by atoms with Crippen molar-refractivity contribution < 1.29 is 19.1 Å². The minimum Gasteiger partial charge on any atom is -0.507 e. The molecule has 0 spiro atoms. The fraction of sp³-hybridized carbons (Fsp3) is 0.600. The van der Waals surface area contributed by atoms with Crippen LogP contribution >= 0.6 is 11.6 Å². The van der Waals surface area contributed by atoms with Gasteiger partial charge in [0.25, 0.3) is 0 Å². The molecule has 1 aromatic carbocycles. The number of ether oxygens (including phenoxy) is 1. The van der Waals surface area contributed by atoms with E-state index < -0.39 is 6.03 Å². The topological polar surface area (TPSA) is 121 Å². The number of halogens is 1. The number of hydrogen-bond acceptors (Lipinski definition) is 7. The first-order chi connectivity index (χ1) is 16.7. The van der Waals surface area contributed by atoms with E-state index in [9.17, 15) is 19.6 Å². The van der Waals surface area contributed by atoms with Crippen LogP contribution in [0.15, 0.2) is 26.6 Å². The molecule has 1 aromatic heterocycles. The Morgan fingerprint density at radius 1 is 1.20 bits per heavy atom. The Morgan fingerprint density at radius 2 is 1.91 bits per heavy atom. The molecule has 2 heterocycles. The maximum atomic E-state index is 12.0. The van der Waals surface area contributed by atoms with Gasteiger partial charge in [-0.3, -0.25) is 4.79 Å². The second kappa shape index (κ2) is 12.2. The van der Waals surface area contributed by atoms with Crippen LogP contribution in [0.4, 0.5) is 4.79 Å². The number of urea groups is 1. The van der Waals surface area contributed by atoms with Gasteiger partial charge in [0, 0.05) is 29.6 Å². The number of benzene rings is 1. The zero-order valence-corrected chi connectivity index (χ0v) is 21.3. The normalized spacial score (nSPS) is 21.5. The molecule has 0 saturated heterocycles. The van der Waals surface area contributed by atoms with E-state index in [-0.39, 0.29) is 35.0 Å². The van der Waals surface area contributed by atoms with Crippen molar-refractivity contribution in [3.63, 3.8) is 0 Å². The number of amides is 2. The van der Waals surface area contributed by atoms with E-state index >= 15 is 0 Å². The van der Waals surface area contributed by atoms with Gasteiger partial charge >= 0.3 is 6.03 Å². The van der Waals surface area contributed by atoms with Crippen LogP contribution in [-0.2, 0) is 6.42 Å². The highest BCUT2D eigenvalue weighted by Crippen LogP contribution is 2.38. The molecule has 1 aliphatic carbocycles. The van der Waals surface area contributed by atoms with E-state index in [4.69, 9.17) is 20.8 Å². The molecule has 2 aromatic rings. The molecule has 1 saturated carbocycles. The number of carbonyl (C=O) groups excluding carboxylic acids is 1. The summed E-state index contributed by atoms with van der Waals surface area (Å²) in [6, 6.07) is 2.85. The van der Waals surface area contributed by atoms with E-state index in [1.807, 2.05) is 0 Å². The summed E-state index contributed by atoms with van der Waals surface area (Å²) in [5.41, 5.74) is 0.889. The predicted octanol–water partition coefficient (Wildman–Crippen LogP) is 5.27. The quantitative estimate of drug-likeness (QED) is 0.330. The molecular weight excluding hydrogens is 474 g/mol. The SMILES string of the molecule is CC1CCC(NC(=O)N(CCCl)N=O)CC1.Cc1cc(=O)c2c(O)c3c(cc2o1)OCC(C)CC3. The summed E-state index contributed by atoms with van der Waals surface area (Å²) in [4.78, 5) is 34.0. The van der Waals surface area contributed by atoms with Crippen molar-refractivity contribution in [1.82, 2.24) is 10.3 Å². The lowest BCUT2D eigenvalue weighted by molar-refractivity contribution is 0.191. The standard InChI is InChI=1S/C15H16O4.C10H18ClN3O2/c1-8-3-4-10-12(18-7-8)6-13-14(15(10)17)11(16)5-9(2)19-13;1-8-2-4-9(5-3-8)12-10(15)14(13-16)7-6-11/h5-6,8,17H,3-4,7H2,1-2H3;8-9H,2-7H2,1H3,(H,12,15). The summed E-state index contributed by atoms with van der Waals surface area (Å²) in [6.45, 7) is 6.81. The fourth-order valence-electron chi connectivity index (χ4n) is 4.43. The number of aromatic hydroxyl groups is 1. The van der Waals surface area contributed by atoms with Crippen LogP contribution in [0.3, 0.4) is 0 Å². The van der Waals surface area contributed by atoms with Crippen molar-refractivity contribution in [2.45, 2.75) is 65.3 Å². The largest absolute Gasteiger partial charge is 0.507 e. The number of carbonyl (C=O) groups is 1. The number of alkyl halides is 1. The van der Waals surface area contributed by atoms with E-state index in [0.29, 0.717) is 41.6 Å². The lowest BCUT2D eigenvalue weighted by Crippen LogP contribution is -2.44. The Labute approximate surface area is 209 Å². The van der Waals surface area contributed by atoms with Crippen molar-refractivity contribution in [2.75, 3.05) is 19.0 Å². The molecule has 35 heavy (non-hydrogen) atoms. The zero-order chi connectivity index (χ0) is 25.5. The van der Waals surface area contributed by atoms with Gasteiger partial charge in [0.1, 0.15) is 28.2 Å². The minimum atomic E-state index is -0.435. The smallest absolute Gasteiger partial charge is 0.340 e. The Bertz CT molecular complexity index is 1100. The van der Waals surface area contributed by atoms with Gasteiger partial charge in [-0.2, -0.15) is 5.01 Å². The lowest BCUT2D eigenvalue weighted by Gasteiger charge is -2.27. The lowest BCUT2D eigenvalue weighted by atomic mass is 9.87. The van der Waals surface area contributed by atoms with Gasteiger partial charge in [-0.25, -0.2) is 4.79 Å². The van der Waals surface area contributed by atoms with Gasteiger partial charge in [-0.1, -0.05) is 13.8 Å². The minimum absolute atomic E-state index is 0.00958.